The molecule has 0 spiro atoms. The summed E-state index contributed by atoms with van der Waals surface area (Å²) >= 11 is 5.96. The standard InChI is InChI=1S/C15H11ClN2O4/c1-9(19)22-14-7-6-10(8-12(14)16)17-18-13-5-3-2-4-11(13)15(20)21/h2-8H,1H3,(H,20,21). The monoisotopic (exact) mass is 318 g/mol. The molecular weight excluding hydrogens is 308 g/mol. The predicted octanol–water partition coefficient (Wildman–Crippen LogP) is 4.38. The summed E-state index contributed by atoms with van der Waals surface area (Å²) in [5, 5.41) is 17.1. The highest BCUT2D eigenvalue weighted by atomic mass is 35.5. The number of rotatable bonds is 4. The second kappa shape index (κ2) is 6.82. The maximum Gasteiger partial charge on any atom is 0.337 e. The van der Waals surface area contributed by atoms with Gasteiger partial charge in [-0.2, -0.15) is 5.11 Å². The molecule has 1 N–H and O–H groups in total. The molecule has 0 radical (unpaired) electrons. The maximum absolute atomic E-state index is 11.1. The predicted molar refractivity (Wildman–Crippen MR) is 80.3 cm³/mol. The van der Waals surface area contributed by atoms with Gasteiger partial charge in [0.15, 0.2) is 0 Å². The van der Waals surface area contributed by atoms with Gasteiger partial charge in [-0.3, -0.25) is 4.79 Å². The summed E-state index contributed by atoms with van der Waals surface area (Å²) in [5.41, 5.74) is 0.685. The second-order valence-corrected chi connectivity index (χ2v) is 4.64. The summed E-state index contributed by atoms with van der Waals surface area (Å²) in [6.07, 6.45) is 0. The van der Waals surface area contributed by atoms with Crippen molar-refractivity contribution in [3.8, 4) is 5.75 Å². The van der Waals surface area contributed by atoms with Crippen LogP contribution in [0.15, 0.2) is 52.7 Å². The van der Waals surface area contributed by atoms with Crippen molar-refractivity contribution < 1.29 is 19.4 Å². The number of carbonyl (C=O) groups is 2. The van der Waals surface area contributed by atoms with Crippen LogP contribution >= 0.6 is 11.6 Å². The number of carboxylic acid groups (broad SMARTS) is 1. The second-order valence-electron chi connectivity index (χ2n) is 4.23. The van der Waals surface area contributed by atoms with Gasteiger partial charge in [-0.25, -0.2) is 4.79 Å². The number of halogens is 1. The Bertz CT molecular complexity index is 759. The van der Waals surface area contributed by atoms with Crippen LogP contribution < -0.4 is 4.74 Å². The molecule has 0 heterocycles. The Kier molecular flexibility index (Phi) is 4.85. The van der Waals surface area contributed by atoms with E-state index in [1.54, 1.807) is 24.3 Å². The summed E-state index contributed by atoms with van der Waals surface area (Å²) < 4.78 is 4.89. The van der Waals surface area contributed by atoms with Crippen LogP contribution in [0.4, 0.5) is 11.4 Å². The van der Waals surface area contributed by atoms with E-state index in [4.69, 9.17) is 21.4 Å². The largest absolute Gasteiger partial charge is 0.478 e. The number of azo groups is 1. The van der Waals surface area contributed by atoms with Crippen molar-refractivity contribution in [2.75, 3.05) is 0 Å². The van der Waals surface area contributed by atoms with Crippen LogP contribution in [-0.4, -0.2) is 17.0 Å². The molecule has 0 saturated carbocycles. The molecule has 0 aliphatic heterocycles. The summed E-state index contributed by atoms with van der Waals surface area (Å²) in [6.45, 7) is 1.27. The van der Waals surface area contributed by atoms with Crippen molar-refractivity contribution in [1.82, 2.24) is 0 Å². The van der Waals surface area contributed by atoms with Gasteiger partial charge in [0.2, 0.25) is 0 Å². The molecular formula is C15H11ClN2O4. The lowest BCUT2D eigenvalue weighted by Crippen LogP contribution is -2.01. The first-order valence-electron chi connectivity index (χ1n) is 6.19. The Morgan fingerprint density at radius 3 is 2.50 bits per heavy atom. The molecule has 6 nitrogen and oxygen atoms in total. The Morgan fingerprint density at radius 2 is 1.86 bits per heavy atom. The van der Waals surface area contributed by atoms with Gasteiger partial charge in [0, 0.05) is 6.92 Å². The zero-order valence-corrected chi connectivity index (χ0v) is 12.2. The average molecular weight is 319 g/mol. The summed E-state index contributed by atoms with van der Waals surface area (Å²) in [7, 11) is 0. The fourth-order valence-corrected chi connectivity index (χ4v) is 1.86. The Balaban J connectivity index is 2.26. The van der Waals surface area contributed by atoms with Gasteiger partial charge in [-0.15, -0.1) is 5.11 Å². The molecule has 7 heteroatoms. The third-order valence-electron chi connectivity index (χ3n) is 2.58. The van der Waals surface area contributed by atoms with E-state index in [-0.39, 0.29) is 22.0 Å². The smallest absolute Gasteiger partial charge is 0.337 e. The molecule has 0 fully saturated rings. The van der Waals surface area contributed by atoms with Gasteiger partial charge in [0.05, 0.1) is 16.3 Å². The van der Waals surface area contributed by atoms with Crippen LogP contribution in [0.2, 0.25) is 5.02 Å². The molecule has 112 valence electrons. The van der Waals surface area contributed by atoms with E-state index in [1.807, 2.05) is 0 Å². The van der Waals surface area contributed by atoms with E-state index >= 15 is 0 Å². The summed E-state index contributed by atoms with van der Waals surface area (Å²) in [4.78, 5) is 21.9. The van der Waals surface area contributed by atoms with E-state index in [0.29, 0.717) is 5.69 Å². The molecule has 0 amide bonds. The fourth-order valence-electron chi connectivity index (χ4n) is 1.64. The van der Waals surface area contributed by atoms with Gasteiger partial charge in [0.25, 0.3) is 0 Å². The molecule has 0 aliphatic carbocycles. The van der Waals surface area contributed by atoms with E-state index in [1.165, 1.54) is 25.1 Å². The zero-order chi connectivity index (χ0) is 16.1. The van der Waals surface area contributed by atoms with E-state index in [2.05, 4.69) is 10.2 Å². The first kappa shape index (κ1) is 15.7. The highest BCUT2D eigenvalue weighted by Crippen LogP contribution is 2.30. The van der Waals surface area contributed by atoms with E-state index in [9.17, 15) is 9.59 Å². The number of esters is 1. The number of carboxylic acids is 1. The van der Waals surface area contributed by atoms with Gasteiger partial charge in [-0.1, -0.05) is 23.7 Å². The van der Waals surface area contributed by atoms with Crippen molar-refractivity contribution in [2.45, 2.75) is 6.92 Å². The van der Waals surface area contributed by atoms with Crippen molar-refractivity contribution in [3.63, 3.8) is 0 Å². The van der Waals surface area contributed by atoms with E-state index < -0.39 is 11.9 Å². The Labute approximate surface area is 131 Å². The van der Waals surface area contributed by atoms with E-state index in [0.717, 1.165) is 0 Å². The first-order chi connectivity index (χ1) is 10.5. The number of benzene rings is 2. The minimum Gasteiger partial charge on any atom is -0.478 e. The summed E-state index contributed by atoms with van der Waals surface area (Å²) in [6, 6.07) is 10.8. The van der Waals surface area contributed by atoms with Gasteiger partial charge in [0.1, 0.15) is 11.4 Å². The molecule has 22 heavy (non-hydrogen) atoms. The Hall–Kier alpha value is -2.73. The molecule has 0 aliphatic rings. The molecule has 0 unspecified atom stereocenters. The zero-order valence-electron chi connectivity index (χ0n) is 11.5. The first-order valence-corrected chi connectivity index (χ1v) is 6.57. The average Bonchev–Trinajstić information content (AvgIpc) is 2.47. The molecule has 0 bridgehead atoms. The quantitative estimate of drug-likeness (QED) is 0.514. The normalized spacial score (nSPS) is 10.6. The SMILES string of the molecule is CC(=O)Oc1ccc(N=Nc2ccccc2C(=O)O)cc1Cl. The van der Waals surface area contributed by atoms with Crippen molar-refractivity contribution >= 4 is 34.9 Å². The number of aromatic carboxylic acids is 1. The topological polar surface area (TPSA) is 88.3 Å². The van der Waals surface area contributed by atoms with Crippen LogP contribution in [0.1, 0.15) is 17.3 Å². The maximum atomic E-state index is 11.1. The van der Waals surface area contributed by atoms with Gasteiger partial charge in [-0.05, 0) is 30.3 Å². The van der Waals surface area contributed by atoms with Gasteiger partial charge >= 0.3 is 11.9 Å². The van der Waals surface area contributed by atoms with Crippen LogP contribution in [-0.2, 0) is 4.79 Å². The van der Waals surface area contributed by atoms with Crippen LogP contribution in [0, 0.1) is 0 Å². The number of hydrogen-bond acceptors (Lipinski definition) is 5. The van der Waals surface area contributed by atoms with Gasteiger partial charge < -0.3 is 9.84 Å². The van der Waals surface area contributed by atoms with Crippen LogP contribution in [0.25, 0.3) is 0 Å². The number of hydrogen-bond donors (Lipinski definition) is 1. The highest BCUT2D eigenvalue weighted by molar-refractivity contribution is 6.32. The molecule has 2 aromatic carbocycles. The fraction of sp³-hybridized carbons (Fsp3) is 0.0667. The molecule has 0 aromatic heterocycles. The number of nitrogens with zero attached hydrogens (tertiary/aromatic N) is 2. The summed E-state index contributed by atoms with van der Waals surface area (Å²) in [5.74, 6) is -1.34. The Morgan fingerprint density at radius 1 is 1.14 bits per heavy atom. The highest BCUT2D eigenvalue weighted by Gasteiger charge is 2.09. The third kappa shape index (κ3) is 3.89. The van der Waals surface area contributed by atoms with Crippen LogP contribution in [0.3, 0.4) is 0 Å². The van der Waals surface area contributed by atoms with Crippen LogP contribution in [0.5, 0.6) is 5.75 Å². The third-order valence-corrected chi connectivity index (χ3v) is 2.87. The molecule has 0 saturated heterocycles. The number of ether oxygens (including phenoxy) is 1. The number of carbonyl (C=O) groups excluding carboxylic acids is 1. The van der Waals surface area contributed by atoms with Crippen molar-refractivity contribution in [3.05, 3.63) is 53.1 Å². The molecule has 2 rings (SSSR count). The minimum atomic E-state index is -1.09. The molecule has 0 atom stereocenters. The van der Waals surface area contributed by atoms with Crippen molar-refractivity contribution in [1.29, 1.82) is 0 Å². The molecule has 2 aromatic rings. The lowest BCUT2D eigenvalue weighted by molar-refractivity contribution is -0.131. The lowest BCUT2D eigenvalue weighted by atomic mass is 10.2. The lowest BCUT2D eigenvalue weighted by Gasteiger charge is -2.04. The van der Waals surface area contributed by atoms with Crippen molar-refractivity contribution in [2.24, 2.45) is 10.2 Å². The minimum absolute atomic E-state index is 0.0499.